The summed E-state index contributed by atoms with van der Waals surface area (Å²) in [7, 11) is 0. The van der Waals surface area contributed by atoms with Crippen LogP contribution < -0.4 is 10.6 Å². The monoisotopic (exact) mass is 276 g/mol. The van der Waals surface area contributed by atoms with Gasteiger partial charge in [0.2, 0.25) is 0 Å². The van der Waals surface area contributed by atoms with E-state index in [4.69, 9.17) is 0 Å². The van der Waals surface area contributed by atoms with Gasteiger partial charge in [-0.1, -0.05) is 13.0 Å². The lowest BCUT2D eigenvalue weighted by Gasteiger charge is -2.29. The molecule has 0 heterocycles. The minimum atomic E-state index is -0.0918. The first kappa shape index (κ1) is 14.9. The van der Waals surface area contributed by atoms with Gasteiger partial charge in [0, 0.05) is 17.6 Å². The maximum Gasteiger partial charge on any atom is 0.251 e. The smallest absolute Gasteiger partial charge is 0.251 e. The van der Waals surface area contributed by atoms with Crippen molar-refractivity contribution in [3.8, 4) is 5.75 Å². The van der Waals surface area contributed by atoms with Gasteiger partial charge in [-0.2, -0.15) is 0 Å². The fraction of sp³-hybridized carbons (Fsp3) is 0.562. The Morgan fingerprint density at radius 1 is 1.25 bits per heavy atom. The summed E-state index contributed by atoms with van der Waals surface area (Å²) < 4.78 is 0. The van der Waals surface area contributed by atoms with Gasteiger partial charge in [-0.15, -0.1) is 0 Å². The molecule has 1 aromatic rings. The van der Waals surface area contributed by atoms with Gasteiger partial charge in [-0.3, -0.25) is 4.79 Å². The molecule has 20 heavy (non-hydrogen) atoms. The first-order valence-electron chi connectivity index (χ1n) is 7.52. The molecule has 4 heteroatoms. The Balaban J connectivity index is 1.79. The van der Waals surface area contributed by atoms with Gasteiger partial charge in [0.25, 0.3) is 5.91 Å². The predicted molar refractivity (Wildman–Crippen MR) is 79.9 cm³/mol. The lowest BCUT2D eigenvalue weighted by atomic mass is 9.91. The van der Waals surface area contributed by atoms with E-state index in [-0.39, 0.29) is 17.7 Å². The highest BCUT2D eigenvalue weighted by Gasteiger charge is 2.22. The van der Waals surface area contributed by atoms with Crippen LogP contribution in [0, 0.1) is 0 Å². The molecule has 1 aromatic carbocycles. The fourth-order valence-corrected chi connectivity index (χ4v) is 2.71. The van der Waals surface area contributed by atoms with E-state index in [1.165, 1.54) is 6.07 Å². The second-order valence-corrected chi connectivity index (χ2v) is 5.53. The summed E-state index contributed by atoms with van der Waals surface area (Å²) in [4.78, 5) is 12.1. The van der Waals surface area contributed by atoms with Crippen LogP contribution in [0.1, 0.15) is 49.4 Å². The normalized spacial score (nSPS) is 22.4. The van der Waals surface area contributed by atoms with E-state index in [9.17, 15) is 9.90 Å². The molecule has 1 aliphatic rings. The molecule has 0 unspecified atom stereocenters. The van der Waals surface area contributed by atoms with Crippen LogP contribution >= 0.6 is 0 Å². The molecule has 1 aliphatic carbocycles. The molecular formula is C16H24N2O2. The third kappa shape index (κ3) is 4.23. The molecule has 3 N–H and O–H groups in total. The van der Waals surface area contributed by atoms with Gasteiger partial charge in [0.05, 0.1) is 0 Å². The molecule has 1 fully saturated rings. The lowest BCUT2D eigenvalue weighted by Crippen LogP contribution is -2.42. The fourth-order valence-electron chi connectivity index (χ4n) is 2.71. The maximum atomic E-state index is 12.1. The van der Waals surface area contributed by atoms with Crippen LogP contribution in [0.5, 0.6) is 5.75 Å². The summed E-state index contributed by atoms with van der Waals surface area (Å²) in [6.45, 7) is 3.25. The Morgan fingerprint density at radius 3 is 2.60 bits per heavy atom. The molecule has 4 nitrogen and oxygen atoms in total. The number of phenols is 1. The van der Waals surface area contributed by atoms with Crippen molar-refractivity contribution < 1.29 is 9.90 Å². The van der Waals surface area contributed by atoms with Crippen molar-refractivity contribution in [2.45, 2.75) is 51.1 Å². The van der Waals surface area contributed by atoms with Crippen molar-refractivity contribution in [3.05, 3.63) is 29.8 Å². The topological polar surface area (TPSA) is 61.4 Å². The Kier molecular flexibility index (Phi) is 5.41. The summed E-state index contributed by atoms with van der Waals surface area (Å²) >= 11 is 0. The van der Waals surface area contributed by atoms with Gasteiger partial charge in [0.1, 0.15) is 5.75 Å². The SMILES string of the molecule is CCCNC1CCC(NC(=O)c2cccc(O)c2)CC1. The molecule has 2 rings (SSSR count). The Bertz CT molecular complexity index is 440. The van der Waals surface area contributed by atoms with Gasteiger partial charge in [0.15, 0.2) is 0 Å². The number of phenolic OH excluding ortho intramolecular Hbond substituents is 1. The van der Waals surface area contributed by atoms with E-state index in [0.29, 0.717) is 11.6 Å². The average molecular weight is 276 g/mol. The molecule has 0 aromatic heterocycles. The van der Waals surface area contributed by atoms with Gasteiger partial charge >= 0.3 is 0 Å². The van der Waals surface area contributed by atoms with Crippen LogP contribution in [0.3, 0.4) is 0 Å². The predicted octanol–water partition coefficient (Wildman–Crippen LogP) is 2.43. The second-order valence-electron chi connectivity index (χ2n) is 5.53. The minimum Gasteiger partial charge on any atom is -0.508 e. The number of aromatic hydroxyl groups is 1. The average Bonchev–Trinajstić information content (AvgIpc) is 2.46. The summed E-state index contributed by atoms with van der Waals surface area (Å²) in [5, 5.41) is 16.0. The van der Waals surface area contributed by atoms with Crippen LogP contribution in [0.15, 0.2) is 24.3 Å². The second kappa shape index (κ2) is 7.29. The molecule has 1 saturated carbocycles. The number of amides is 1. The number of hydrogen-bond acceptors (Lipinski definition) is 3. The Hall–Kier alpha value is -1.55. The largest absolute Gasteiger partial charge is 0.508 e. The molecule has 0 atom stereocenters. The van der Waals surface area contributed by atoms with E-state index >= 15 is 0 Å². The summed E-state index contributed by atoms with van der Waals surface area (Å²) in [5.41, 5.74) is 0.524. The molecule has 110 valence electrons. The third-order valence-electron chi connectivity index (χ3n) is 3.85. The zero-order chi connectivity index (χ0) is 14.4. The van der Waals surface area contributed by atoms with Crippen LogP contribution in [-0.4, -0.2) is 29.6 Å². The quantitative estimate of drug-likeness (QED) is 0.774. The first-order chi connectivity index (χ1) is 9.69. The highest BCUT2D eigenvalue weighted by Crippen LogP contribution is 2.19. The van der Waals surface area contributed by atoms with Crippen molar-refractivity contribution in [3.63, 3.8) is 0 Å². The standard InChI is InChI=1S/C16H24N2O2/c1-2-10-17-13-6-8-14(9-7-13)18-16(20)12-4-3-5-15(19)11-12/h3-5,11,13-14,17,19H,2,6-10H2,1H3,(H,18,20). The molecule has 0 spiro atoms. The van der Waals surface area contributed by atoms with Crippen molar-refractivity contribution in [2.75, 3.05) is 6.54 Å². The zero-order valence-corrected chi connectivity index (χ0v) is 12.1. The van der Waals surface area contributed by atoms with E-state index in [0.717, 1.165) is 38.6 Å². The van der Waals surface area contributed by atoms with E-state index in [1.54, 1.807) is 18.2 Å². The number of carbonyl (C=O) groups is 1. The van der Waals surface area contributed by atoms with E-state index in [1.807, 2.05) is 0 Å². The molecule has 0 aliphatic heterocycles. The van der Waals surface area contributed by atoms with E-state index in [2.05, 4.69) is 17.6 Å². The van der Waals surface area contributed by atoms with Crippen LogP contribution in [0.2, 0.25) is 0 Å². The summed E-state index contributed by atoms with van der Waals surface area (Å²) in [6.07, 6.45) is 5.43. The van der Waals surface area contributed by atoms with E-state index < -0.39 is 0 Å². The lowest BCUT2D eigenvalue weighted by molar-refractivity contribution is 0.0924. The highest BCUT2D eigenvalue weighted by atomic mass is 16.3. The molecule has 0 radical (unpaired) electrons. The number of rotatable bonds is 5. The number of carbonyl (C=O) groups excluding carboxylic acids is 1. The number of benzene rings is 1. The van der Waals surface area contributed by atoms with Gasteiger partial charge in [-0.25, -0.2) is 0 Å². The Morgan fingerprint density at radius 2 is 1.95 bits per heavy atom. The summed E-state index contributed by atoms with van der Waals surface area (Å²) in [5.74, 6) is 0.0380. The molecule has 1 amide bonds. The van der Waals surface area contributed by atoms with Crippen molar-refractivity contribution in [2.24, 2.45) is 0 Å². The maximum absolute atomic E-state index is 12.1. The van der Waals surface area contributed by atoms with Crippen molar-refractivity contribution in [1.82, 2.24) is 10.6 Å². The molecule has 0 saturated heterocycles. The highest BCUT2D eigenvalue weighted by molar-refractivity contribution is 5.94. The van der Waals surface area contributed by atoms with Crippen LogP contribution in [0.4, 0.5) is 0 Å². The minimum absolute atomic E-state index is 0.0918. The Labute approximate surface area is 120 Å². The van der Waals surface area contributed by atoms with Crippen molar-refractivity contribution in [1.29, 1.82) is 0 Å². The van der Waals surface area contributed by atoms with Crippen molar-refractivity contribution >= 4 is 5.91 Å². The van der Waals surface area contributed by atoms with Crippen LogP contribution in [-0.2, 0) is 0 Å². The third-order valence-corrected chi connectivity index (χ3v) is 3.85. The number of hydrogen-bond donors (Lipinski definition) is 3. The first-order valence-corrected chi connectivity index (χ1v) is 7.52. The number of nitrogens with one attached hydrogen (secondary N) is 2. The molecular weight excluding hydrogens is 252 g/mol. The van der Waals surface area contributed by atoms with Gasteiger partial charge < -0.3 is 15.7 Å². The summed E-state index contributed by atoms with van der Waals surface area (Å²) in [6, 6.07) is 7.35. The molecule has 0 bridgehead atoms. The zero-order valence-electron chi connectivity index (χ0n) is 12.1. The van der Waals surface area contributed by atoms with Gasteiger partial charge in [-0.05, 0) is 56.8 Å². The van der Waals surface area contributed by atoms with Crippen LogP contribution in [0.25, 0.3) is 0 Å².